The van der Waals surface area contributed by atoms with Gasteiger partial charge in [-0.1, -0.05) is 0 Å². The smallest absolute Gasteiger partial charge is 0.157 e. The summed E-state index contributed by atoms with van der Waals surface area (Å²) in [6, 6.07) is 1.75. The zero-order valence-electron chi connectivity index (χ0n) is 5.39. The first kappa shape index (κ1) is 6.20. The summed E-state index contributed by atoms with van der Waals surface area (Å²) in [5.74, 6) is 1.39. The molecular formula is C7H9O2. The Kier molecular flexibility index (Phi) is 1.78. The van der Waals surface area contributed by atoms with Crippen molar-refractivity contribution in [1.29, 1.82) is 0 Å². The van der Waals surface area contributed by atoms with Crippen LogP contribution in [-0.2, 0) is 0 Å². The predicted molar refractivity (Wildman–Crippen MR) is 34.3 cm³/mol. The molecule has 0 bridgehead atoms. The second kappa shape index (κ2) is 2.58. The van der Waals surface area contributed by atoms with Gasteiger partial charge in [0.05, 0.1) is 6.61 Å². The highest BCUT2D eigenvalue weighted by atomic mass is 16.5. The number of hydrogen-bond acceptors (Lipinski definition) is 2. The van der Waals surface area contributed by atoms with Crippen LogP contribution >= 0.6 is 0 Å². The van der Waals surface area contributed by atoms with Crippen LogP contribution in [-0.4, -0.2) is 6.61 Å². The van der Waals surface area contributed by atoms with Gasteiger partial charge >= 0.3 is 0 Å². The van der Waals surface area contributed by atoms with E-state index in [2.05, 4.69) is 6.92 Å². The molecule has 0 fully saturated rings. The van der Waals surface area contributed by atoms with Gasteiger partial charge in [-0.3, -0.25) is 0 Å². The molecule has 0 aliphatic carbocycles. The molecule has 49 valence electrons. The van der Waals surface area contributed by atoms with Gasteiger partial charge in [-0.05, 0) is 6.92 Å². The zero-order chi connectivity index (χ0) is 6.69. The largest absolute Gasteiger partial charge is 0.491 e. The van der Waals surface area contributed by atoms with E-state index in [-0.39, 0.29) is 0 Å². The van der Waals surface area contributed by atoms with Crippen LogP contribution in [0.2, 0.25) is 0 Å². The molecule has 1 aromatic rings. The van der Waals surface area contributed by atoms with Crippen molar-refractivity contribution in [2.45, 2.75) is 6.92 Å². The lowest BCUT2D eigenvalue weighted by atomic mass is 10.5. The Hall–Kier alpha value is -0.920. The predicted octanol–water partition coefficient (Wildman–Crippen LogP) is 1.86. The Morgan fingerprint density at radius 3 is 3.00 bits per heavy atom. The van der Waals surface area contributed by atoms with Crippen LogP contribution in [0.25, 0.3) is 0 Å². The number of rotatable bonds is 2. The molecule has 0 saturated heterocycles. The van der Waals surface area contributed by atoms with E-state index in [0.29, 0.717) is 12.4 Å². The van der Waals surface area contributed by atoms with Crippen molar-refractivity contribution >= 4 is 0 Å². The molecular weight excluding hydrogens is 116 g/mol. The average Bonchev–Trinajstić information content (AvgIpc) is 2.17. The van der Waals surface area contributed by atoms with Crippen LogP contribution < -0.4 is 4.74 Å². The maximum absolute atomic E-state index is 5.09. The van der Waals surface area contributed by atoms with E-state index in [4.69, 9.17) is 9.15 Å². The molecule has 0 aliphatic heterocycles. The van der Waals surface area contributed by atoms with E-state index in [1.54, 1.807) is 12.3 Å². The third-order valence-electron chi connectivity index (χ3n) is 0.941. The minimum Gasteiger partial charge on any atom is -0.491 e. The molecule has 1 rings (SSSR count). The highest BCUT2D eigenvalue weighted by molar-refractivity contribution is 5.20. The van der Waals surface area contributed by atoms with Crippen molar-refractivity contribution in [1.82, 2.24) is 0 Å². The third kappa shape index (κ3) is 1.49. The van der Waals surface area contributed by atoms with Crippen LogP contribution in [0.15, 0.2) is 16.7 Å². The third-order valence-corrected chi connectivity index (χ3v) is 0.941. The summed E-state index contributed by atoms with van der Waals surface area (Å²) in [6.45, 7) is 6.17. The molecule has 0 amide bonds. The monoisotopic (exact) mass is 125 g/mol. The van der Waals surface area contributed by atoms with Gasteiger partial charge in [0, 0.05) is 13.0 Å². The Morgan fingerprint density at radius 2 is 2.56 bits per heavy atom. The quantitative estimate of drug-likeness (QED) is 0.602. The second-order valence-corrected chi connectivity index (χ2v) is 1.68. The standard InChI is InChI=1S/C7H9O2/c1-3-8-7-4-6(2)9-5-7/h4-5H,2-3H2,1H3. The molecule has 0 atom stereocenters. The van der Waals surface area contributed by atoms with Gasteiger partial charge in [0.25, 0.3) is 0 Å². The molecule has 1 heterocycles. The van der Waals surface area contributed by atoms with Gasteiger partial charge in [-0.25, -0.2) is 0 Å². The minimum absolute atomic E-state index is 0.637. The summed E-state index contributed by atoms with van der Waals surface area (Å²) in [6.07, 6.45) is 1.55. The van der Waals surface area contributed by atoms with Crippen LogP contribution in [0.4, 0.5) is 0 Å². The number of furan rings is 1. The fraction of sp³-hybridized carbons (Fsp3) is 0.286. The average molecular weight is 125 g/mol. The van der Waals surface area contributed by atoms with E-state index < -0.39 is 0 Å². The highest BCUT2D eigenvalue weighted by Crippen LogP contribution is 2.13. The van der Waals surface area contributed by atoms with Crippen LogP contribution in [0.5, 0.6) is 5.75 Å². The first-order chi connectivity index (χ1) is 4.33. The van der Waals surface area contributed by atoms with Gasteiger partial charge < -0.3 is 9.15 Å². The zero-order valence-corrected chi connectivity index (χ0v) is 5.39. The maximum atomic E-state index is 5.09. The van der Waals surface area contributed by atoms with Gasteiger partial charge in [-0.15, -0.1) is 0 Å². The summed E-state index contributed by atoms with van der Waals surface area (Å²) >= 11 is 0. The van der Waals surface area contributed by atoms with E-state index in [0.717, 1.165) is 5.75 Å². The van der Waals surface area contributed by atoms with Crippen LogP contribution in [0, 0.1) is 6.92 Å². The second-order valence-electron chi connectivity index (χ2n) is 1.68. The van der Waals surface area contributed by atoms with Crippen molar-refractivity contribution in [2.24, 2.45) is 0 Å². The van der Waals surface area contributed by atoms with Crippen LogP contribution in [0.1, 0.15) is 12.7 Å². The van der Waals surface area contributed by atoms with Gasteiger partial charge in [0.1, 0.15) is 12.0 Å². The molecule has 2 heteroatoms. The summed E-state index contributed by atoms with van der Waals surface area (Å²) in [5.41, 5.74) is 0. The highest BCUT2D eigenvalue weighted by Gasteiger charge is 1.94. The fourth-order valence-electron chi connectivity index (χ4n) is 0.603. The first-order valence-corrected chi connectivity index (χ1v) is 2.86. The lowest BCUT2D eigenvalue weighted by molar-refractivity contribution is 0.335. The molecule has 0 N–H and O–H groups in total. The lowest BCUT2D eigenvalue weighted by Crippen LogP contribution is -1.87. The molecule has 0 aromatic carbocycles. The molecule has 1 radical (unpaired) electrons. The SMILES string of the molecule is [CH2]c1cc(OCC)co1. The Bertz CT molecular complexity index is 179. The summed E-state index contributed by atoms with van der Waals surface area (Å²) < 4.78 is 9.97. The van der Waals surface area contributed by atoms with Crippen molar-refractivity contribution in [2.75, 3.05) is 6.61 Å². The molecule has 0 unspecified atom stereocenters. The normalized spacial score (nSPS) is 9.56. The minimum atomic E-state index is 0.637. The summed E-state index contributed by atoms with van der Waals surface area (Å²) in [5, 5.41) is 0. The molecule has 0 spiro atoms. The molecule has 1 aromatic heterocycles. The Labute approximate surface area is 54.4 Å². The lowest BCUT2D eigenvalue weighted by Gasteiger charge is -1.93. The van der Waals surface area contributed by atoms with Crippen molar-refractivity contribution < 1.29 is 9.15 Å². The summed E-state index contributed by atoms with van der Waals surface area (Å²) in [7, 11) is 0. The summed E-state index contributed by atoms with van der Waals surface area (Å²) in [4.78, 5) is 0. The van der Waals surface area contributed by atoms with E-state index in [1.807, 2.05) is 6.92 Å². The molecule has 9 heavy (non-hydrogen) atoms. The molecule has 2 nitrogen and oxygen atoms in total. The van der Waals surface area contributed by atoms with Gasteiger partial charge in [0.15, 0.2) is 5.75 Å². The number of hydrogen-bond donors (Lipinski definition) is 0. The first-order valence-electron chi connectivity index (χ1n) is 2.86. The Morgan fingerprint density at radius 1 is 1.78 bits per heavy atom. The van der Waals surface area contributed by atoms with Crippen molar-refractivity contribution in [3.05, 3.63) is 25.0 Å². The maximum Gasteiger partial charge on any atom is 0.157 e. The van der Waals surface area contributed by atoms with Crippen molar-refractivity contribution in [3.63, 3.8) is 0 Å². The topological polar surface area (TPSA) is 22.4 Å². The van der Waals surface area contributed by atoms with Gasteiger partial charge in [-0.2, -0.15) is 0 Å². The van der Waals surface area contributed by atoms with E-state index >= 15 is 0 Å². The molecule has 0 saturated carbocycles. The fourth-order valence-corrected chi connectivity index (χ4v) is 0.603. The van der Waals surface area contributed by atoms with Gasteiger partial charge in [0.2, 0.25) is 0 Å². The molecule has 0 aliphatic rings. The van der Waals surface area contributed by atoms with Crippen molar-refractivity contribution in [3.8, 4) is 5.75 Å². The van der Waals surface area contributed by atoms with Crippen LogP contribution in [0.3, 0.4) is 0 Å². The number of ether oxygens (including phenoxy) is 1. The Balaban J connectivity index is 2.61. The van der Waals surface area contributed by atoms with E-state index in [9.17, 15) is 0 Å². The van der Waals surface area contributed by atoms with E-state index in [1.165, 1.54) is 0 Å².